The van der Waals surface area contributed by atoms with Crippen LogP contribution in [0.2, 0.25) is 0 Å². The van der Waals surface area contributed by atoms with Crippen molar-refractivity contribution >= 4 is 55.2 Å². The second kappa shape index (κ2) is 7.27. The van der Waals surface area contributed by atoms with Gasteiger partial charge in [0.05, 0.1) is 11.0 Å². The van der Waals surface area contributed by atoms with E-state index in [-0.39, 0.29) is 0 Å². The number of hydrogen-bond acceptors (Lipinski definition) is 4. The first-order valence-corrected chi connectivity index (χ1v) is 11.9. The maximum Gasteiger partial charge on any atom is 0.246 e. The highest BCUT2D eigenvalue weighted by atomic mass is 16.3. The lowest BCUT2D eigenvalue weighted by Gasteiger charge is -2.08. The number of rotatable bonds is 2. The SMILES string of the molecule is c1cc(-c2ccc3oc4nc5ccccc5nc4c3c2)cc(-c2cccc3oc4ccccc4c23)c1. The highest BCUT2D eigenvalue weighted by Crippen LogP contribution is 2.38. The van der Waals surface area contributed by atoms with Crippen molar-refractivity contribution in [2.24, 2.45) is 0 Å². The van der Waals surface area contributed by atoms with Gasteiger partial charge in [0.1, 0.15) is 22.3 Å². The highest BCUT2D eigenvalue weighted by Gasteiger charge is 2.15. The van der Waals surface area contributed by atoms with Crippen molar-refractivity contribution in [3.8, 4) is 22.3 Å². The molecule has 8 aromatic rings. The standard InChI is InChI=1S/C32H18N2O2/c1-4-13-27-23(9-1)30-22(10-6-14-29(30)35-27)21-8-5-7-19(17-21)20-15-16-28-24(18-20)31-32(36-28)34-26-12-3-2-11-25(26)33-31/h1-18H. The fourth-order valence-corrected chi connectivity index (χ4v) is 5.20. The van der Waals surface area contributed by atoms with Crippen molar-refractivity contribution in [2.75, 3.05) is 0 Å². The molecule has 0 aliphatic rings. The molecule has 168 valence electrons. The van der Waals surface area contributed by atoms with Crippen LogP contribution in [0, 0.1) is 0 Å². The molecule has 0 amide bonds. The zero-order chi connectivity index (χ0) is 23.6. The number of fused-ring (bicyclic) bond motifs is 7. The lowest BCUT2D eigenvalue weighted by Crippen LogP contribution is -1.84. The Morgan fingerprint density at radius 1 is 0.472 bits per heavy atom. The fraction of sp³-hybridized carbons (Fsp3) is 0. The Labute approximate surface area is 205 Å². The fourth-order valence-electron chi connectivity index (χ4n) is 5.20. The van der Waals surface area contributed by atoms with Crippen LogP contribution >= 0.6 is 0 Å². The van der Waals surface area contributed by atoms with E-state index in [0.717, 1.165) is 71.7 Å². The first-order chi connectivity index (χ1) is 17.8. The quantitative estimate of drug-likeness (QED) is 0.258. The molecule has 0 saturated carbocycles. The molecule has 3 heterocycles. The lowest BCUT2D eigenvalue weighted by atomic mass is 9.95. The Bertz CT molecular complexity index is 2120. The van der Waals surface area contributed by atoms with E-state index in [0.29, 0.717) is 5.71 Å². The first kappa shape index (κ1) is 19.4. The maximum atomic E-state index is 6.12. The van der Waals surface area contributed by atoms with Crippen LogP contribution in [0.5, 0.6) is 0 Å². The van der Waals surface area contributed by atoms with Gasteiger partial charge in [0.15, 0.2) is 0 Å². The third-order valence-electron chi connectivity index (χ3n) is 6.89. The largest absolute Gasteiger partial charge is 0.456 e. The Balaban J connectivity index is 1.31. The Morgan fingerprint density at radius 3 is 2.14 bits per heavy atom. The molecule has 0 unspecified atom stereocenters. The van der Waals surface area contributed by atoms with Crippen molar-refractivity contribution < 1.29 is 8.83 Å². The summed E-state index contributed by atoms with van der Waals surface area (Å²) in [6, 6.07) is 37.2. The molecule has 0 fully saturated rings. The van der Waals surface area contributed by atoms with Crippen LogP contribution in [0.3, 0.4) is 0 Å². The third-order valence-corrected chi connectivity index (χ3v) is 6.89. The number of para-hydroxylation sites is 3. The summed E-state index contributed by atoms with van der Waals surface area (Å²) in [5, 5.41) is 3.24. The molecule has 0 N–H and O–H groups in total. The van der Waals surface area contributed by atoms with E-state index in [4.69, 9.17) is 13.8 Å². The van der Waals surface area contributed by atoms with Crippen molar-refractivity contribution in [3.05, 3.63) is 109 Å². The minimum Gasteiger partial charge on any atom is -0.456 e. The molecule has 5 aromatic carbocycles. The van der Waals surface area contributed by atoms with Gasteiger partial charge < -0.3 is 8.83 Å². The molecule has 0 aliphatic heterocycles. The van der Waals surface area contributed by atoms with Crippen molar-refractivity contribution in [2.45, 2.75) is 0 Å². The van der Waals surface area contributed by atoms with Gasteiger partial charge in [-0.15, -0.1) is 0 Å². The van der Waals surface area contributed by atoms with Crippen molar-refractivity contribution in [1.82, 2.24) is 9.97 Å². The number of aromatic nitrogens is 2. The molecule has 0 bridgehead atoms. The highest BCUT2D eigenvalue weighted by molar-refractivity contribution is 6.12. The predicted molar refractivity (Wildman–Crippen MR) is 145 cm³/mol. The van der Waals surface area contributed by atoms with E-state index in [9.17, 15) is 0 Å². The van der Waals surface area contributed by atoms with Crippen LogP contribution in [0.25, 0.3) is 77.4 Å². The summed E-state index contributed by atoms with van der Waals surface area (Å²) < 4.78 is 12.2. The second-order valence-electron chi connectivity index (χ2n) is 9.04. The molecule has 0 atom stereocenters. The average molecular weight is 463 g/mol. The summed E-state index contributed by atoms with van der Waals surface area (Å²) >= 11 is 0. The van der Waals surface area contributed by atoms with Gasteiger partial charge in [-0.3, -0.25) is 0 Å². The minimum atomic E-state index is 0.563. The van der Waals surface area contributed by atoms with Crippen LogP contribution in [0.15, 0.2) is 118 Å². The summed E-state index contributed by atoms with van der Waals surface area (Å²) in [5.41, 5.74) is 10.2. The summed E-state index contributed by atoms with van der Waals surface area (Å²) in [7, 11) is 0. The molecular weight excluding hydrogens is 444 g/mol. The number of hydrogen-bond donors (Lipinski definition) is 0. The van der Waals surface area contributed by atoms with Gasteiger partial charge in [-0.2, -0.15) is 0 Å². The molecule has 3 aromatic heterocycles. The summed E-state index contributed by atoms with van der Waals surface area (Å²) in [5.74, 6) is 0. The van der Waals surface area contributed by atoms with Crippen LogP contribution in [-0.2, 0) is 0 Å². The zero-order valence-corrected chi connectivity index (χ0v) is 19.1. The maximum absolute atomic E-state index is 6.12. The topological polar surface area (TPSA) is 52.1 Å². The monoisotopic (exact) mass is 462 g/mol. The van der Waals surface area contributed by atoms with E-state index in [1.165, 1.54) is 0 Å². The summed E-state index contributed by atoms with van der Waals surface area (Å²) in [6.07, 6.45) is 0. The van der Waals surface area contributed by atoms with Gasteiger partial charge >= 0.3 is 0 Å². The van der Waals surface area contributed by atoms with Crippen LogP contribution in [0.1, 0.15) is 0 Å². The van der Waals surface area contributed by atoms with Crippen molar-refractivity contribution in [1.29, 1.82) is 0 Å². The van der Waals surface area contributed by atoms with E-state index >= 15 is 0 Å². The average Bonchev–Trinajstić information content (AvgIpc) is 3.49. The van der Waals surface area contributed by atoms with Crippen LogP contribution < -0.4 is 0 Å². The molecular formula is C32H18N2O2. The number of nitrogens with zero attached hydrogens (tertiary/aromatic N) is 2. The predicted octanol–water partition coefficient (Wildman–Crippen LogP) is 8.76. The molecule has 4 heteroatoms. The van der Waals surface area contributed by atoms with Gasteiger partial charge in [0.25, 0.3) is 0 Å². The Kier molecular flexibility index (Phi) is 3.91. The summed E-state index contributed by atoms with van der Waals surface area (Å²) in [4.78, 5) is 9.54. The van der Waals surface area contributed by atoms with E-state index in [1.54, 1.807) is 0 Å². The van der Waals surface area contributed by atoms with Crippen LogP contribution in [-0.4, -0.2) is 9.97 Å². The third kappa shape index (κ3) is 2.82. The molecule has 8 rings (SSSR count). The van der Waals surface area contributed by atoms with E-state index in [2.05, 4.69) is 65.6 Å². The number of benzene rings is 5. The molecule has 0 radical (unpaired) electrons. The normalized spacial score (nSPS) is 11.9. The van der Waals surface area contributed by atoms with Gasteiger partial charge in [-0.25, -0.2) is 9.97 Å². The first-order valence-electron chi connectivity index (χ1n) is 11.9. The minimum absolute atomic E-state index is 0.563. The number of furan rings is 2. The smallest absolute Gasteiger partial charge is 0.246 e. The molecule has 0 aliphatic carbocycles. The Hall–Kier alpha value is -4.96. The van der Waals surface area contributed by atoms with E-state index < -0.39 is 0 Å². The van der Waals surface area contributed by atoms with Crippen LogP contribution in [0.4, 0.5) is 0 Å². The van der Waals surface area contributed by atoms with E-state index in [1.807, 2.05) is 48.5 Å². The van der Waals surface area contributed by atoms with Gasteiger partial charge in [0.2, 0.25) is 5.71 Å². The van der Waals surface area contributed by atoms with Gasteiger partial charge in [0, 0.05) is 16.2 Å². The van der Waals surface area contributed by atoms with Gasteiger partial charge in [-0.05, 0) is 64.7 Å². The second-order valence-corrected chi connectivity index (χ2v) is 9.04. The van der Waals surface area contributed by atoms with Gasteiger partial charge in [-0.1, -0.05) is 66.7 Å². The van der Waals surface area contributed by atoms with Crippen molar-refractivity contribution in [3.63, 3.8) is 0 Å². The molecule has 0 spiro atoms. The molecule has 0 saturated heterocycles. The lowest BCUT2D eigenvalue weighted by molar-refractivity contribution is 0.655. The zero-order valence-electron chi connectivity index (χ0n) is 19.1. The Morgan fingerprint density at radius 2 is 1.19 bits per heavy atom. The molecule has 36 heavy (non-hydrogen) atoms. The molecule has 4 nitrogen and oxygen atoms in total. The summed E-state index contributed by atoms with van der Waals surface area (Å²) in [6.45, 7) is 0.